The van der Waals surface area contributed by atoms with E-state index in [9.17, 15) is 9.59 Å². The van der Waals surface area contributed by atoms with Gasteiger partial charge >= 0.3 is 5.97 Å². The fraction of sp³-hybridized carbons (Fsp3) is 0.600. The van der Waals surface area contributed by atoms with Crippen LogP contribution in [0.2, 0.25) is 0 Å². The molecule has 0 aromatic heterocycles. The van der Waals surface area contributed by atoms with E-state index in [0.717, 1.165) is 30.0 Å². The first kappa shape index (κ1) is 19.4. The van der Waals surface area contributed by atoms with Gasteiger partial charge in [-0.1, -0.05) is 26.0 Å². The zero-order valence-electron chi connectivity index (χ0n) is 15.8. The fourth-order valence-corrected chi connectivity index (χ4v) is 3.34. The predicted molar refractivity (Wildman–Crippen MR) is 98.7 cm³/mol. The lowest BCUT2D eigenvalue weighted by molar-refractivity contribution is -0.921. The summed E-state index contributed by atoms with van der Waals surface area (Å²) in [6, 6.07) is 7.81. The third-order valence-corrected chi connectivity index (χ3v) is 5.03. The van der Waals surface area contributed by atoms with E-state index in [0.29, 0.717) is 19.1 Å². The Bertz CT molecular complexity index is 583. The van der Waals surface area contributed by atoms with E-state index in [1.54, 1.807) is 0 Å². The summed E-state index contributed by atoms with van der Waals surface area (Å²) in [5.74, 6) is 0.249. The molecule has 138 valence electrons. The molecule has 1 unspecified atom stereocenters. The monoisotopic (exact) mass is 347 g/mol. The number of benzene rings is 1. The molecule has 3 atom stereocenters. The Morgan fingerprint density at radius 2 is 1.92 bits per heavy atom. The molecule has 1 saturated heterocycles. The van der Waals surface area contributed by atoms with Gasteiger partial charge in [0.25, 0.3) is 5.91 Å². The second-order valence-corrected chi connectivity index (χ2v) is 7.19. The number of carbonyl (C=O) groups is 2. The molecule has 1 aromatic carbocycles. The standard InChI is InChI=1S/C20H30N2O3/c1-5-25-20(24)17-7-6-12-22(13-17)15(4)19(23)21-18-10-8-16(9-11-18)14(2)3/h8-11,14-15,17H,5-7,12-13H2,1-4H3,(H,21,23)/p+1/t15-,17+/m0/s1. The molecule has 2 rings (SSSR count). The van der Waals surface area contributed by atoms with Crippen molar-refractivity contribution in [3.8, 4) is 0 Å². The van der Waals surface area contributed by atoms with E-state index in [2.05, 4.69) is 31.3 Å². The molecule has 1 amide bonds. The van der Waals surface area contributed by atoms with Gasteiger partial charge in [-0.15, -0.1) is 0 Å². The maximum Gasteiger partial charge on any atom is 0.314 e. The van der Waals surface area contributed by atoms with Crippen molar-refractivity contribution >= 4 is 17.6 Å². The summed E-state index contributed by atoms with van der Waals surface area (Å²) in [7, 11) is 0. The van der Waals surface area contributed by atoms with Gasteiger partial charge in [-0.3, -0.25) is 9.59 Å². The summed E-state index contributed by atoms with van der Waals surface area (Å²) in [5, 5.41) is 3.00. The molecule has 1 aliphatic rings. The van der Waals surface area contributed by atoms with Crippen LogP contribution in [0, 0.1) is 5.92 Å². The van der Waals surface area contributed by atoms with Gasteiger partial charge in [-0.25, -0.2) is 0 Å². The van der Waals surface area contributed by atoms with Crippen LogP contribution in [0.5, 0.6) is 0 Å². The van der Waals surface area contributed by atoms with E-state index in [1.807, 2.05) is 26.0 Å². The van der Waals surface area contributed by atoms with Crippen LogP contribution in [0.4, 0.5) is 5.69 Å². The van der Waals surface area contributed by atoms with Crippen molar-refractivity contribution in [3.05, 3.63) is 29.8 Å². The molecule has 0 radical (unpaired) electrons. The van der Waals surface area contributed by atoms with Crippen LogP contribution in [0.15, 0.2) is 24.3 Å². The largest absolute Gasteiger partial charge is 0.466 e. The minimum atomic E-state index is -0.193. The fourth-order valence-electron chi connectivity index (χ4n) is 3.34. The second-order valence-electron chi connectivity index (χ2n) is 7.19. The molecular formula is C20H31N2O3+. The van der Waals surface area contributed by atoms with Gasteiger partial charge in [0.1, 0.15) is 5.92 Å². The number of nitrogens with one attached hydrogen (secondary N) is 2. The van der Waals surface area contributed by atoms with Crippen molar-refractivity contribution in [2.75, 3.05) is 25.0 Å². The number of piperidine rings is 1. The minimum absolute atomic E-state index is 0.00296. The van der Waals surface area contributed by atoms with Crippen molar-refractivity contribution < 1.29 is 19.2 Å². The van der Waals surface area contributed by atoms with E-state index in [4.69, 9.17) is 4.74 Å². The van der Waals surface area contributed by atoms with Crippen LogP contribution in [0.25, 0.3) is 0 Å². The summed E-state index contributed by atoms with van der Waals surface area (Å²) in [6.45, 7) is 10.0. The predicted octanol–water partition coefficient (Wildman–Crippen LogP) is 1.99. The third-order valence-electron chi connectivity index (χ3n) is 5.03. The number of rotatable bonds is 6. The lowest BCUT2D eigenvalue weighted by Gasteiger charge is -2.32. The highest BCUT2D eigenvalue weighted by Gasteiger charge is 2.34. The molecule has 0 aliphatic carbocycles. The first-order valence-corrected chi connectivity index (χ1v) is 9.34. The Hall–Kier alpha value is -1.88. The maximum absolute atomic E-state index is 12.6. The Morgan fingerprint density at radius 1 is 1.24 bits per heavy atom. The van der Waals surface area contributed by atoms with E-state index in [1.165, 1.54) is 5.56 Å². The smallest absolute Gasteiger partial charge is 0.314 e. The number of anilines is 1. The number of quaternary nitrogens is 1. The van der Waals surface area contributed by atoms with Crippen LogP contribution < -0.4 is 10.2 Å². The van der Waals surface area contributed by atoms with E-state index >= 15 is 0 Å². The van der Waals surface area contributed by atoms with Crippen LogP contribution in [-0.4, -0.2) is 37.6 Å². The molecule has 2 N–H and O–H groups in total. The molecule has 1 fully saturated rings. The number of ether oxygens (including phenoxy) is 1. The molecule has 1 aromatic rings. The Morgan fingerprint density at radius 3 is 2.52 bits per heavy atom. The first-order valence-electron chi connectivity index (χ1n) is 9.34. The number of esters is 1. The summed E-state index contributed by atoms with van der Waals surface area (Å²) in [5.41, 5.74) is 2.07. The van der Waals surface area contributed by atoms with Gasteiger partial charge < -0.3 is 15.0 Å². The van der Waals surface area contributed by atoms with Gasteiger partial charge in [0, 0.05) is 5.69 Å². The van der Waals surface area contributed by atoms with Gasteiger partial charge in [0.05, 0.1) is 19.7 Å². The van der Waals surface area contributed by atoms with Crippen molar-refractivity contribution in [2.24, 2.45) is 5.92 Å². The molecule has 0 spiro atoms. The summed E-state index contributed by atoms with van der Waals surface area (Å²) < 4.78 is 5.14. The lowest BCUT2D eigenvalue weighted by atomic mass is 9.97. The highest BCUT2D eigenvalue weighted by Crippen LogP contribution is 2.17. The topological polar surface area (TPSA) is 59.8 Å². The van der Waals surface area contributed by atoms with Gasteiger partial charge in [-0.2, -0.15) is 0 Å². The molecule has 5 nitrogen and oxygen atoms in total. The summed E-state index contributed by atoms with van der Waals surface area (Å²) >= 11 is 0. The maximum atomic E-state index is 12.6. The number of hydrogen-bond donors (Lipinski definition) is 2. The number of amides is 1. The zero-order valence-corrected chi connectivity index (χ0v) is 15.8. The highest BCUT2D eigenvalue weighted by molar-refractivity contribution is 5.93. The lowest BCUT2D eigenvalue weighted by Crippen LogP contribution is -3.18. The molecule has 1 aliphatic heterocycles. The van der Waals surface area contributed by atoms with Crippen LogP contribution >= 0.6 is 0 Å². The van der Waals surface area contributed by atoms with Gasteiger partial charge in [0.2, 0.25) is 0 Å². The van der Waals surface area contributed by atoms with E-state index in [-0.39, 0.29) is 23.8 Å². The average Bonchev–Trinajstić information content (AvgIpc) is 2.61. The molecular weight excluding hydrogens is 316 g/mol. The molecule has 0 bridgehead atoms. The van der Waals surface area contributed by atoms with Crippen LogP contribution in [0.1, 0.15) is 52.0 Å². The highest BCUT2D eigenvalue weighted by atomic mass is 16.5. The molecule has 0 saturated carbocycles. The van der Waals surface area contributed by atoms with Crippen LogP contribution in [0.3, 0.4) is 0 Å². The summed E-state index contributed by atoms with van der Waals surface area (Å²) in [4.78, 5) is 25.7. The first-order chi connectivity index (χ1) is 11.9. The Labute approximate surface area is 150 Å². The van der Waals surface area contributed by atoms with Crippen molar-refractivity contribution in [1.82, 2.24) is 0 Å². The normalized spacial score (nSPS) is 21.6. The van der Waals surface area contributed by atoms with Gasteiger partial charge in [-0.05, 0) is 50.3 Å². The third kappa shape index (κ3) is 5.30. The summed E-state index contributed by atoms with van der Waals surface area (Å²) in [6.07, 6.45) is 1.80. The molecule has 1 heterocycles. The van der Waals surface area contributed by atoms with Crippen molar-refractivity contribution in [1.29, 1.82) is 0 Å². The van der Waals surface area contributed by atoms with Crippen LogP contribution in [-0.2, 0) is 14.3 Å². The van der Waals surface area contributed by atoms with E-state index < -0.39 is 0 Å². The minimum Gasteiger partial charge on any atom is -0.466 e. The number of carbonyl (C=O) groups excluding carboxylic acids is 2. The Kier molecular flexibility index (Phi) is 7.00. The molecule has 5 heteroatoms. The Balaban J connectivity index is 1.93. The quantitative estimate of drug-likeness (QED) is 0.774. The number of likely N-dealkylation sites (tertiary alicyclic amines) is 1. The van der Waals surface area contributed by atoms with Crippen molar-refractivity contribution in [3.63, 3.8) is 0 Å². The zero-order chi connectivity index (χ0) is 18.4. The SMILES string of the molecule is CCOC(=O)[C@@H]1CCC[NH+]([C@@H](C)C(=O)Nc2ccc(C(C)C)cc2)C1. The number of hydrogen-bond acceptors (Lipinski definition) is 3. The second kappa shape index (κ2) is 8.99. The molecule has 25 heavy (non-hydrogen) atoms. The van der Waals surface area contributed by atoms with Gasteiger partial charge in [0.15, 0.2) is 6.04 Å². The average molecular weight is 347 g/mol. The van der Waals surface area contributed by atoms with Crippen molar-refractivity contribution in [2.45, 2.75) is 52.5 Å².